The van der Waals surface area contributed by atoms with Crippen molar-refractivity contribution in [1.29, 1.82) is 0 Å². The van der Waals surface area contributed by atoms with Crippen LogP contribution in [0, 0.1) is 0 Å². The van der Waals surface area contributed by atoms with E-state index in [1.807, 2.05) is 0 Å². The van der Waals surface area contributed by atoms with Crippen LogP contribution >= 0.6 is 0 Å². The lowest BCUT2D eigenvalue weighted by molar-refractivity contribution is 0.413. The number of nitrogens with zero attached hydrogens (tertiary/aromatic N) is 2. The van der Waals surface area contributed by atoms with E-state index in [9.17, 15) is 8.42 Å². The first-order chi connectivity index (χ1) is 11.0. The highest BCUT2D eigenvalue weighted by molar-refractivity contribution is 7.90. The van der Waals surface area contributed by atoms with Crippen LogP contribution < -0.4 is 15.2 Å². The Bertz CT molecular complexity index is 980. The summed E-state index contributed by atoms with van der Waals surface area (Å²) in [5.41, 5.74) is 6.37. The summed E-state index contributed by atoms with van der Waals surface area (Å²) >= 11 is 0. The van der Waals surface area contributed by atoms with Gasteiger partial charge < -0.3 is 15.2 Å². The molecular formula is C15H15N3O4S. The minimum Gasteiger partial charge on any atom is -0.495 e. The van der Waals surface area contributed by atoms with Crippen LogP contribution in [0.5, 0.6) is 11.5 Å². The van der Waals surface area contributed by atoms with Gasteiger partial charge in [0.25, 0.3) is 10.0 Å². The van der Waals surface area contributed by atoms with Gasteiger partial charge in [0.1, 0.15) is 11.5 Å². The molecule has 3 rings (SSSR count). The number of nitrogen functional groups attached to an aromatic ring is 1. The van der Waals surface area contributed by atoms with Crippen LogP contribution in [0.1, 0.15) is 0 Å². The smallest absolute Gasteiger partial charge is 0.269 e. The van der Waals surface area contributed by atoms with Crippen LogP contribution in [0.3, 0.4) is 0 Å². The highest BCUT2D eigenvalue weighted by Crippen LogP contribution is 2.28. The van der Waals surface area contributed by atoms with E-state index < -0.39 is 10.0 Å². The Morgan fingerprint density at radius 3 is 2.57 bits per heavy atom. The van der Waals surface area contributed by atoms with E-state index in [2.05, 4.69) is 4.98 Å². The number of hydrogen-bond acceptors (Lipinski definition) is 6. The first-order valence-electron chi connectivity index (χ1n) is 6.67. The minimum atomic E-state index is -3.81. The highest BCUT2D eigenvalue weighted by atomic mass is 32.2. The Morgan fingerprint density at radius 1 is 1.13 bits per heavy atom. The molecule has 120 valence electrons. The van der Waals surface area contributed by atoms with Gasteiger partial charge in [0, 0.05) is 11.6 Å². The molecule has 0 fully saturated rings. The summed E-state index contributed by atoms with van der Waals surface area (Å²) in [6, 6.07) is 7.71. The Balaban J connectivity index is 2.15. The third-order valence-electron chi connectivity index (χ3n) is 3.46. The number of pyridine rings is 1. The van der Waals surface area contributed by atoms with E-state index in [0.717, 1.165) is 3.97 Å². The molecule has 1 aromatic carbocycles. The molecule has 7 nitrogen and oxygen atoms in total. The molecule has 0 aliphatic carbocycles. The van der Waals surface area contributed by atoms with Gasteiger partial charge in [0.15, 0.2) is 5.65 Å². The number of fused-ring (bicyclic) bond motifs is 1. The van der Waals surface area contributed by atoms with Gasteiger partial charge in [-0.1, -0.05) is 0 Å². The quantitative estimate of drug-likeness (QED) is 0.732. The van der Waals surface area contributed by atoms with Crippen molar-refractivity contribution < 1.29 is 17.9 Å². The molecule has 0 saturated carbocycles. The Labute approximate surface area is 133 Å². The summed E-state index contributed by atoms with van der Waals surface area (Å²) in [7, 11) is -0.818. The fourth-order valence-electron chi connectivity index (χ4n) is 2.27. The molecule has 2 heterocycles. The van der Waals surface area contributed by atoms with Crippen molar-refractivity contribution in [3.8, 4) is 11.5 Å². The fraction of sp³-hybridized carbons (Fsp3) is 0.133. The lowest BCUT2D eigenvalue weighted by Gasteiger charge is -2.10. The normalized spacial score (nSPS) is 11.6. The van der Waals surface area contributed by atoms with Gasteiger partial charge in [0.2, 0.25) is 0 Å². The molecule has 23 heavy (non-hydrogen) atoms. The van der Waals surface area contributed by atoms with Crippen LogP contribution in [0.2, 0.25) is 0 Å². The second-order valence-electron chi connectivity index (χ2n) is 4.81. The molecule has 8 heteroatoms. The first kappa shape index (κ1) is 15.2. The predicted molar refractivity (Wildman–Crippen MR) is 86.3 cm³/mol. The van der Waals surface area contributed by atoms with Gasteiger partial charge >= 0.3 is 0 Å². The number of anilines is 1. The minimum absolute atomic E-state index is 0.0610. The molecule has 2 aromatic heterocycles. The monoisotopic (exact) mass is 333 g/mol. The third kappa shape index (κ3) is 2.46. The zero-order valence-corrected chi connectivity index (χ0v) is 13.4. The lowest BCUT2D eigenvalue weighted by atomic mass is 10.3. The molecule has 3 aromatic rings. The summed E-state index contributed by atoms with van der Waals surface area (Å²) < 4.78 is 36.9. The van der Waals surface area contributed by atoms with Gasteiger partial charge in [-0.2, -0.15) is 0 Å². The van der Waals surface area contributed by atoms with Gasteiger partial charge in [-0.05, 0) is 30.3 Å². The molecule has 0 aliphatic rings. The second-order valence-corrected chi connectivity index (χ2v) is 6.62. The van der Waals surface area contributed by atoms with Crippen LogP contribution in [0.15, 0.2) is 47.6 Å². The summed E-state index contributed by atoms with van der Waals surface area (Å²) in [4.78, 5) is 4.22. The Morgan fingerprint density at radius 2 is 1.91 bits per heavy atom. The molecule has 0 atom stereocenters. The number of rotatable bonds is 4. The van der Waals surface area contributed by atoms with Gasteiger partial charge in [0.05, 0.1) is 31.0 Å². The van der Waals surface area contributed by atoms with E-state index in [-0.39, 0.29) is 10.6 Å². The average molecular weight is 333 g/mol. The van der Waals surface area contributed by atoms with Crippen molar-refractivity contribution in [2.75, 3.05) is 20.0 Å². The molecule has 0 spiro atoms. The maximum Gasteiger partial charge on any atom is 0.269 e. The number of hydrogen-bond donors (Lipinski definition) is 1. The van der Waals surface area contributed by atoms with E-state index in [0.29, 0.717) is 22.5 Å². The molecule has 0 saturated heterocycles. The molecule has 0 amide bonds. The topological polar surface area (TPSA) is 96.4 Å². The number of aromatic nitrogens is 2. The number of nitrogens with two attached hydrogens (primary N) is 1. The van der Waals surface area contributed by atoms with Crippen molar-refractivity contribution in [1.82, 2.24) is 8.96 Å². The molecule has 0 aliphatic heterocycles. The zero-order valence-electron chi connectivity index (χ0n) is 12.6. The van der Waals surface area contributed by atoms with Gasteiger partial charge in [-0.25, -0.2) is 17.4 Å². The number of ether oxygens (including phenoxy) is 2. The summed E-state index contributed by atoms with van der Waals surface area (Å²) in [6.07, 6.45) is 2.92. The maximum absolute atomic E-state index is 12.8. The van der Waals surface area contributed by atoms with E-state index in [1.54, 1.807) is 12.1 Å². The maximum atomic E-state index is 12.8. The lowest BCUT2D eigenvalue weighted by Crippen LogP contribution is -2.13. The van der Waals surface area contributed by atoms with Gasteiger partial charge in [-0.3, -0.25) is 0 Å². The summed E-state index contributed by atoms with van der Waals surface area (Å²) in [6.45, 7) is 0. The Kier molecular flexibility index (Phi) is 3.61. The fourth-order valence-corrected chi connectivity index (χ4v) is 3.62. The molecular weight excluding hydrogens is 318 g/mol. The van der Waals surface area contributed by atoms with Crippen molar-refractivity contribution in [3.63, 3.8) is 0 Å². The second kappa shape index (κ2) is 5.47. The van der Waals surface area contributed by atoms with E-state index in [1.165, 1.54) is 44.8 Å². The first-order valence-corrected chi connectivity index (χ1v) is 8.11. The van der Waals surface area contributed by atoms with E-state index >= 15 is 0 Å². The van der Waals surface area contributed by atoms with Crippen LogP contribution in [-0.2, 0) is 10.0 Å². The SMILES string of the molecule is COc1cnc2c(ccn2S(=O)(=O)c2ccc(OC)c(N)c2)c1. The van der Waals surface area contributed by atoms with Crippen LogP contribution in [0.25, 0.3) is 11.0 Å². The standard InChI is InChI=1S/C15H15N3O4S/c1-21-11-7-10-5-6-18(15(10)17-9-11)23(19,20)12-3-4-14(22-2)13(16)8-12/h3-9H,16H2,1-2H3. The largest absolute Gasteiger partial charge is 0.495 e. The molecule has 0 unspecified atom stereocenters. The van der Waals surface area contributed by atoms with Crippen molar-refractivity contribution in [3.05, 3.63) is 42.7 Å². The summed E-state index contributed by atoms with van der Waals surface area (Å²) in [5, 5.41) is 0.661. The third-order valence-corrected chi connectivity index (χ3v) is 5.12. The molecule has 0 radical (unpaired) electrons. The zero-order chi connectivity index (χ0) is 16.6. The van der Waals surface area contributed by atoms with Crippen molar-refractivity contribution >= 4 is 26.7 Å². The number of methoxy groups -OCH3 is 2. The number of benzene rings is 1. The predicted octanol–water partition coefficient (Wildman–Crippen LogP) is 1.87. The highest BCUT2D eigenvalue weighted by Gasteiger charge is 2.21. The van der Waals surface area contributed by atoms with Gasteiger partial charge in [-0.15, -0.1) is 0 Å². The molecule has 2 N–H and O–H groups in total. The molecule has 0 bridgehead atoms. The van der Waals surface area contributed by atoms with Crippen molar-refractivity contribution in [2.24, 2.45) is 0 Å². The summed E-state index contributed by atoms with van der Waals surface area (Å²) in [5.74, 6) is 0.977. The Hall–Kier alpha value is -2.74. The van der Waals surface area contributed by atoms with Crippen LogP contribution in [-0.4, -0.2) is 31.6 Å². The van der Waals surface area contributed by atoms with Crippen molar-refractivity contribution in [2.45, 2.75) is 4.90 Å². The average Bonchev–Trinajstić information content (AvgIpc) is 2.98. The van der Waals surface area contributed by atoms with E-state index in [4.69, 9.17) is 15.2 Å². The van der Waals surface area contributed by atoms with Crippen LogP contribution in [0.4, 0.5) is 5.69 Å².